The molecule has 0 aromatic heterocycles. The Labute approximate surface area is 127 Å². The molecule has 0 spiro atoms. The number of carbonyl (C=O) groups excluding carboxylic acids is 2. The lowest BCUT2D eigenvalue weighted by Gasteiger charge is -2.36. The molecule has 0 saturated carbocycles. The van der Waals surface area contributed by atoms with Gasteiger partial charge in [-0.2, -0.15) is 8.78 Å². The number of piperidine rings is 1. The summed E-state index contributed by atoms with van der Waals surface area (Å²) in [7, 11) is 0. The fourth-order valence-corrected chi connectivity index (χ4v) is 2.58. The molecule has 0 amide bonds. The summed E-state index contributed by atoms with van der Waals surface area (Å²) in [6.07, 6.45) is 0. The number of alkyl halides is 2. The standard InChI is InChI=1S/C16H17F2NO3/c1-2-22-15(21)13-9-19(8-12-6-4-3-5-7-12)11-16(17,18)14(13)10-20/h3-7,13H,2,8-9,11H2,1H3. The van der Waals surface area contributed by atoms with E-state index in [0.29, 0.717) is 0 Å². The lowest BCUT2D eigenvalue weighted by atomic mass is 9.89. The van der Waals surface area contributed by atoms with E-state index in [9.17, 15) is 18.4 Å². The Morgan fingerprint density at radius 3 is 2.68 bits per heavy atom. The van der Waals surface area contributed by atoms with E-state index in [-0.39, 0.29) is 19.7 Å². The third-order valence-electron chi connectivity index (χ3n) is 3.54. The SMILES string of the molecule is CCOC(=O)C1CN(Cc2ccccc2)CC(F)(F)C1=C=O. The molecule has 1 atom stereocenters. The van der Waals surface area contributed by atoms with E-state index in [1.54, 1.807) is 6.92 Å². The van der Waals surface area contributed by atoms with Crippen LogP contribution in [0.3, 0.4) is 0 Å². The highest BCUT2D eigenvalue weighted by Gasteiger charge is 2.49. The maximum atomic E-state index is 14.1. The van der Waals surface area contributed by atoms with Gasteiger partial charge in [-0.1, -0.05) is 30.3 Å². The topological polar surface area (TPSA) is 46.6 Å². The van der Waals surface area contributed by atoms with Gasteiger partial charge < -0.3 is 4.74 Å². The summed E-state index contributed by atoms with van der Waals surface area (Å²) in [5.74, 6) is -4.21. The fourth-order valence-electron chi connectivity index (χ4n) is 2.58. The second-order valence-corrected chi connectivity index (χ2v) is 5.18. The normalized spacial score (nSPS) is 21.2. The van der Waals surface area contributed by atoms with Gasteiger partial charge >= 0.3 is 5.97 Å². The molecule has 1 unspecified atom stereocenters. The van der Waals surface area contributed by atoms with Gasteiger partial charge in [0.15, 0.2) is 0 Å². The van der Waals surface area contributed by atoms with Crippen molar-refractivity contribution in [2.45, 2.75) is 19.4 Å². The van der Waals surface area contributed by atoms with Crippen LogP contribution in [-0.2, 0) is 20.9 Å². The van der Waals surface area contributed by atoms with E-state index >= 15 is 0 Å². The summed E-state index contributed by atoms with van der Waals surface area (Å²) in [4.78, 5) is 24.2. The number of halogens is 2. The van der Waals surface area contributed by atoms with E-state index in [2.05, 4.69) is 0 Å². The van der Waals surface area contributed by atoms with Gasteiger partial charge in [-0.05, 0) is 12.5 Å². The number of rotatable bonds is 4. The van der Waals surface area contributed by atoms with E-state index in [1.165, 1.54) is 10.8 Å². The van der Waals surface area contributed by atoms with Gasteiger partial charge in [0, 0.05) is 13.1 Å². The smallest absolute Gasteiger partial charge is 0.315 e. The zero-order chi connectivity index (χ0) is 16.2. The first-order valence-corrected chi connectivity index (χ1v) is 7.04. The highest BCUT2D eigenvalue weighted by atomic mass is 19.3. The minimum atomic E-state index is -3.38. The third kappa shape index (κ3) is 3.59. The van der Waals surface area contributed by atoms with Gasteiger partial charge in [-0.15, -0.1) is 0 Å². The highest BCUT2D eigenvalue weighted by molar-refractivity contribution is 5.81. The first-order chi connectivity index (χ1) is 10.5. The molecule has 1 aromatic carbocycles. The van der Waals surface area contributed by atoms with Crippen molar-refractivity contribution in [3.8, 4) is 0 Å². The maximum absolute atomic E-state index is 14.1. The summed E-state index contributed by atoms with van der Waals surface area (Å²) in [5, 5.41) is 0. The molecule has 0 bridgehead atoms. The van der Waals surface area contributed by atoms with Gasteiger partial charge in [0.25, 0.3) is 5.92 Å². The van der Waals surface area contributed by atoms with Crippen molar-refractivity contribution < 1.29 is 23.1 Å². The number of ether oxygens (including phenoxy) is 1. The zero-order valence-corrected chi connectivity index (χ0v) is 12.2. The van der Waals surface area contributed by atoms with Crippen LogP contribution in [0.1, 0.15) is 12.5 Å². The largest absolute Gasteiger partial charge is 0.465 e. The number of hydrogen-bond donors (Lipinski definition) is 0. The van der Waals surface area contributed by atoms with Crippen LogP contribution in [0.4, 0.5) is 8.78 Å². The molecule has 0 N–H and O–H groups in total. The lowest BCUT2D eigenvalue weighted by Crippen LogP contribution is -2.51. The van der Waals surface area contributed by atoms with E-state index in [4.69, 9.17) is 4.74 Å². The van der Waals surface area contributed by atoms with Crippen LogP contribution in [0.15, 0.2) is 35.9 Å². The van der Waals surface area contributed by atoms with Crippen molar-refractivity contribution in [3.63, 3.8) is 0 Å². The van der Waals surface area contributed by atoms with Crippen LogP contribution in [0.5, 0.6) is 0 Å². The Balaban J connectivity index is 2.21. The predicted octanol–water partition coefficient (Wildman–Crippen LogP) is 2.07. The third-order valence-corrected chi connectivity index (χ3v) is 3.54. The van der Waals surface area contributed by atoms with Crippen LogP contribution < -0.4 is 0 Å². The number of carbonyl (C=O) groups is 1. The van der Waals surface area contributed by atoms with Crippen molar-refractivity contribution >= 4 is 11.9 Å². The molecule has 0 radical (unpaired) electrons. The number of likely N-dealkylation sites (tertiary alicyclic amines) is 1. The molecule has 6 heteroatoms. The molecule has 118 valence electrons. The van der Waals surface area contributed by atoms with Crippen LogP contribution in [0.25, 0.3) is 0 Å². The molecule has 1 saturated heterocycles. The van der Waals surface area contributed by atoms with Crippen LogP contribution in [0, 0.1) is 5.92 Å². The van der Waals surface area contributed by atoms with Gasteiger partial charge in [-0.3, -0.25) is 9.69 Å². The molecule has 1 aromatic rings. The second kappa shape index (κ2) is 6.81. The maximum Gasteiger partial charge on any atom is 0.315 e. The molecule has 0 aliphatic carbocycles. The van der Waals surface area contributed by atoms with Crippen LogP contribution in [-0.4, -0.2) is 42.4 Å². The van der Waals surface area contributed by atoms with Crippen molar-refractivity contribution in [1.29, 1.82) is 0 Å². The molecular weight excluding hydrogens is 292 g/mol. The molecule has 2 rings (SSSR count). The monoisotopic (exact) mass is 309 g/mol. The van der Waals surface area contributed by atoms with Gasteiger partial charge in [0.05, 0.1) is 18.7 Å². The fraction of sp³-hybridized carbons (Fsp3) is 0.438. The molecule has 22 heavy (non-hydrogen) atoms. The summed E-state index contributed by atoms with van der Waals surface area (Å²) in [6.45, 7) is 1.35. The Hall–Kier alpha value is -2.04. The van der Waals surface area contributed by atoms with Crippen molar-refractivity contribution in [3.05, 3.63) is 41.5 Å². The zero-order valence-electron chi connectivity index (χ0n) is 12.2. The molecule has 1 aliphatic rings. The molecule has 4 nitrogen and oxygen atoms in total. The van der Waals surface area contributed by atoms with Gasteiger partial charge in [0.1, 0.15) is 11.9 Å². The summed E-state index contributed by atoms with van der Waals surface area (Å²) < 4.78 is 33.1. The Morgan fingerprint density at radius 2 is 2.09 bits per heavy atom. The number of nitrogens with zero attached hydrogens (tertiary/aromatic N) is 1. The first-order valence-electron chi connectivity index (χ1n) is 7.04. The van der Waals surface area contributed by atoms with E-state index in [1.807, 2.05) is 30.3 Å². The average molecular weight is 309 g/mol. The summed E-state index contributed by atoms with van der Waals surface area (Å²) in [6, 6.07) is 9.11. The second-order valence-electron chi connectivity index (χ2n) is 5.18. The minimum absolute atomic E-state index is 0.0217. The minimum Gasteiger partial charge on any atom is -0.465 e. The summed E-state index contributed by atoms with van der Waals surface area (Å²) >= 11 is 0. The first kappa shape index (κ1) is 16.3. The Kier molecular flexibility index (Phi) is 5.06. The van der Waals surface area contributed by atoms with Crippen LogP contribution >= 0.6 is 0 Å². The lowest BCUT2D eigenvalue weighted by molar-refractivity contribution is -0.151. The molecule has 1 aliphatic heterocycles. The van der Waals surface area contributed by atoms with Crippen LogP contribution in [0.2, 0.25) is 0 Å². The Morgan fingerprint density at radius 1 is 1.41 bits per heavy atom. The van der Waals surface area contributed by atoms with Gasteiger partial charge in [0.2, 0.25) is 0 Å². The van der Waals surface area contributed by atoms with Crippen molar-refractivity contribution in [1.82, 2.24) is 4.90 Å². The number of benzene rings is 1. The van der Waals surface area contributed by atoms with Crippen molar-refractivity contribution in [2.75, 3.05) is 19.7 Å². The van der Waals surface area contributed by atoms with Gasteiger partial charge in [-0.25, -0.2) is 4.79 Å². The molecule has 1 heterocycles. The van der Waals surface area contributed by atoms with Crippen molar-refractivity contribution in [2.24, 2.45) is 5.92 Å². The average Bonchev–Trinajstić information content (AvgIpc) is 2.47. The van der Waals surface area contributed by atoms with E-state index in [0.717, 1.165) is 5.56 Å². The molecular formula is C16H17F2NO3. The number of esters is 1. The quantitative estimate of drug-likeness (QED) is 0.631. The summed E-state index contributed by atoms with van der Waals surface area (Å²) in [5.41, 5.74) is 0.0507. The predicted molar refractivity (Wildman–Crippen MR) is 76.0 cm³/mol. The number of hydrogen-bond acceptors (Lipinski definition) is 4. The Bertz CT molecular complexity index is 582. The highest BCUT2D eigenvalue weighted by Crippen LogP contribution is 2.35. The molecule has 1 fully saturated rings. The van der Waals surface area contributed by atoms with E-state index < -0.39 is 29.9 Å².